The molecule has 8 nitrogen and oxygen atoms in total. The number of nitro benzene ring substituents is 1. The number of hydrogen-bond acceptors (Lipinski definition) is 4. The smallest absolute Gasteiger partial charge is 0.313 e. The van der Waals surface area contributed by atoms with E-state index in [1.807, 2.05) is 0 Å². The van der Waals surface area contributed by atoms with Gasteiger partial charge in [0.2, 0.25) is 0 Å². The third-order valence-corrected chi connectivity index (χ3v) is 5.22. The summed E-state index contributed by atoms with van der Waals surface area (Å²) in [6.45, 7) is 0. The van der Waals surface area contributed by atoms with E-state index in [1.165, 1.54) is 23.7 Å². The Balaban J connectivity index is 2.21. The molecule has 29 heavy (non-hydrogen) atoms. The van der Waals surface area contributed by atoms with Crippen LogP contribution in [0.1, 0.15) is 0 Å². The minimum atomic E-state index is -0.489. The fourth-order valence-electron chi connectivity index (χ4n) is 3.42. The first-order chi connectivity index (χ1) is 13.8. The molecular weight excluding hydrogens is 396 g/mol. The standard InChI is InChI=1S/C20H15ClN4O4/c1-22-16-11-24(12-6-5-7-13(10-12)25(28)29)18(14-8-3-4-9-15(14)21)17(16)19(26)23(2)20(22)27/h3-11H,1-2H3. The number of hydrogen-bond donors (Lipinski definition) is 0. The molecule has 2 aromatic heterocycles. The van der Waals surface area contributed by atoms with Crippen LogP contribution in [0.25, 0.3) is 27.8 Å². The van der Waals surface area contributed by atoms with E-state index < -0.39 is 16.2 Å². The van der Waals surface area contributed by atoms with Gasteiger partial charge in [-0.15, -0.1) is 0 Å². The third-order valence-electron chi connectivity index (χ3n) is 4.89. The summed E-state index contributed by atoms with van der Waals surface area (Å²) < 4.78 is 4.05. The Bertz CT molecular complexity index is 1410. The van der Waals surface area contributed by atoms with Crippen molar-refractivity contribution in [3.8, 4) is 16.9 Å². The highest BCUT2D eigenvalue weighted by Crippen LogP contribution is 2.35. The number of nitrogens with zero attached hydrogens (tertiary/aromatic N) is 4. The summed E-state index contributed by atoms with van der Waals surface area (Å²) in [7, 11) is 2.98. The number of non-ortho nitro benzene ring substituents is 1. The maximum absolute atomic E-state index is 13.0. The van der Waals surface area contributed by atoms with Gasteiger partial charge in [0.05, 0.1) is 27.2 Å². The van der Waals surface area contributed by atoms with Crippen molar-refractivity contribution in [3.63, 3.8) is 0 Å². The van der Waals surface area contributed by atoms with Crippen molar-refractivity contribution >= 4 is 28.2 Å². The van der Waals surface area contributed by atoms with Crippen LogP contribution in [0.15, 0.2) is 64.3 Å². The van der Waals surface area contributed by atoms with Crippen molar-refractivity contribution in [1.82, 2.24) is 13.7 Å². The molecule has 0 radical (unpaired) electrons. The highest BCUT2D eigenvalue weighted by molar-refractivity contribution is 6.33. The van der Waals surface area contributed by atoms with Gasteiger partial charge in [-0.25, -0.2) is 4.79 Å². The van der Waals surface area contributed by atoms with Crippen molar-refractivity contribution in [2.24, 2.45) is 14.1 Å². The average molecular weight is 411 g/mol. The van der Waals surface area contributed by atoms with E-state index in [-0.39, 0.29) is 5.69 Å². The Kier molecular flexibility index (Phi) is 4.35. The molecular formula is C20H15ClN4O4. The van der Waals surface area contributed by atoms with E-state index in [0.29, 0.717) is 32.9 Å². The monoisotopic (exact) mass is 410 g/mol. The topological polar surface area (TPSA) is 92.1 Å². The van der Waals surface area contributed by atoms with E-state index in [0.717, 1.165) is 4.57 Å². The molecule has 0 saturated heterocycles. The summed E-state index contributed by atoms with van der Waals surface area (Å²) in [6.07, 6.45) is 1.62. The van der Waals surface area contributed by atoms with Crippen LogP contribution in [-0.2, 0) is 14.1 Å². The second kappa shape index (κ2) is 6.75. The molecule has 0 aliphatic rings. The summed E-state index contributed by atoms with van der Waals surface area (Å²) in [4.78, 5) is 36.2. The molecule has 0 aliphatic heterocycles. The van der Waals surface area contributed by atoms with Crippen LogP contribution in [0.5, 0.6) is 0 Å². The first-order valence-corrected chi connectivity index (χ1v) is 9.00. The van der Waals surface area contributed by atoms with Crippen molar-refractivity contribution < 1.29 is 4.92 Å². The number of aromatic nitrogens is 3. The minimum Gasteiger partial charge on any atom is -0.313 e. The number of fused-ring (bicyclic) bond motifs is 1. The largest absolute Gasteiger partial charge is 0.330 e. The van der Waals surface area contributed by atoms with Crippen LogP contribution in [0, 0.1) is 10.1 Å². The first-order valence-electron chi connectivity index (χ1n) is 8.62. The van der Waals surface area contributed by atoms with Crippen molar-refractivity contribution in [2.75, 3.05) is 0 Å². The SMILES string of the molecule is Cn1c(=O)c2c(-c3ccccc3Cl)n(-c3cccc([N+](=O)[O-])c3)cc2n(C)c1=O. The lowest BCUT2D eigenvalue weighted by molar-refractivity contribution is -0.384. The molecule has 2 aromatic carbocycles. The molecule has 0 amide bonds. The molecule has 0 saturated carbocycles. The Morgan fingerprint density at radius 2 is 1.72 bits per heavy atom. The predicted molar refractivity (Wildman–Crippen MR) is 111 cm³/mol. The number of rotatable bonds is 3. The molecule has 4 rings (SSSR count). The first kappa shape index (κ1) is 18.7. The zero-order valence-corrected chi connectivity index (χ0v) is 16.3. The van der Waals surface area contributed by atoms with Gasteiger partial charge in [-0.2, -0.15) is 0 Å². The van der Waals surface area contributed by atoms with E-state index in [1.54, 1.807) is 54.2 Å². The maximum atomic E-state index is 13.0. The molecule has 0 aliphatic carbocycles. The summed E-state index contributed by atoms with van der Waals surface area (Å²) in [5, 5.41) is 12.0. The van der Waals surface area contributed by atoms with Crippen molar-refractivity contribution in [1.29, 1.82) is 0 Å². The second-order valence-electron chi connectivity index (χ2n) is 6.57. The highest BCUT2D eigenvalue weighted by atomic mass is 35.5. The summed E-state index contributed by atoms with van der Waals surface area (Å²) >= 11 is 6.42. The summed E-state index contributed by atoms with van der Waals surface area (Å²) in [5.41, 5.74) is 0.881. The molecule has 0 N–H and O–H groups in total. The van der Waals surface area contributed by atoms with Gasteiger partial charge in [0, 0.05) is 43.0 Å². The van der Waals surface area contributed by atoms with Crippen LogP contribution >= 0.6 is 11.6 Å². The number of benzene rings is 2. The molecule has 146 valence electrons. The number of aryl methyl sites for hydroxylation is 1. The highest BCUT2D eigenvalue weighted by Gasteiger charge is 2.22. The van der Waals surface area contributed by atoms with Crippen LogP contribution in [0.3, 0.4) is 0 Å². The minimum absolute atomic E-state index is 0.0906. The second-order valence-corrected chi connectivity index (χ2v) is 6.98. The van der Waals surface area contributed by atoms with Crippen LogP contribution in [0.4, 0.5) is 5.69 Å². The van der Waals surface area contributed by atoms with Crippen LogP contribution in [0.2, 0.25) is 5.02 Å². The summed E-state index contributed by atoms with van der Waals surface area (Å²) in [6, 6.07) is 13.0. The van der Waals surface area contributed by atoms with Crippen LogP contribution in [-0.4, -0.2) is 18.6 Å². The van der Waals surface area contributed by atoms with Gasteiger partial charge < -0.3 is 4.57 Å². The fraction of sp³-hybridized carbons (Fsp3) is 0.100. The van der Waals surface area contributed by atoms with Crippen molar-refractivity contribution in [3.05, 3.63) is 90.7 Å². The Labute approximate surface area is 169 Å². The fourth-order valence-corrected chi connectivity index (χ4v) is 3.64. The van der Waals surface area contributed by atoms with Gasteiger partial charge in [-0.3, -0.25) is 24.0 Å². The Morgan fingerprint density at radius 3 is 2.41 bits per heavy atom. The van der Waals surface area contributed by atoms with E-state index >= 15 is 0 Å². The molecule has 0 atom stereocenters. The predicted octanol–water partition coefficient (Wildman–Crippen LogP) is 3.26. The average Bonchev–Trinajstić information content (AvgIpc) is 3.11. The molecule has 4 aromatic rings. The quantitative estimate of drug-likeness (QED) is 0.383. The Hall–Kier alpha value is -3.65. The van der Waals surface area contributed by atoms with E-state index in [2.05, 4.69) is 0 Å². The molecule has 0 bridgehead atoms. The van der Waals surface area contributed by atoms with Crippen molar-refractivity contribution in [2.45, 2.75) is 0 Å². The zero-order valence-electron chi connectivity index (χ0n) is 15.5. The molecule has 2 heterocycles. The van der Waals surface area contributed by atoms with Gasteiger partial charge in [0.15, 0.2) is 0 Å². The summed E-state index contributed by atoms with van der Waals surface area (Å²) in [5.74, 6) is 0. The zero-order chi connectivity index (χ0) is 20.9. The lowest BCUT2D eigenvalue weighted by Gasteiger charge is -2.11. The maximum Gasteiger partial charge on any atom is 0.330 e. The molecule has 0 unspecified atom stereocenters. The van der Waals surface area contributed by atoms with Crippen LogP contribution < -0.4 is 11.2 Å². The molecule has 0 spiro atoms. The lowest BCUT2D eigenvalue weighted by atomic mass is 10.1. The normalized spacial score (nSPS) is 11.1. The molecule has 9 heteroatoms. The lowest BCUT2D eigenvalue weighted by Crippen LogP contribution is -2.36. The molecule has 0 fully saturated rings. The van der Waals surface area contributed by atoms with Gasteiger partial charge in [-0.1, -0.05) is 35.9 Å². The van der Waals surface area contributed by atoms with Gasteiger partial charge in [0.1, 0.15) is 0 Å². The van der Waals surface area contributed by atoms with Gasteiger partial charge >= 0.3 is 5.69 Å². The number of nitro groups is 1. The van der Waals surface area contributed by atoms with E-state index in [9.17, 15) is 19.7 Å². The number of halogens is 1. The van der Waals surface area contributed by atoms with E-state index in [4.69, 9.17) is 11.6 Å². The third kappa shape index (κ3) is 2.85. The Morgan fingerprint density at radius 1 is 1.00 bits per heavy atom. The van der Waals surface area contributed by atoms with Gasteiger partial charge in [0.25, 0.3) is 11.2 Å². The van der Waals surface area contributed by atoms with Gasteiger partial charge in [-0.05, 0) is 12.1 Å².